The van der Waals surface area contributed by atoms with E-state index < -0.39 is 17.2 Å². The second kappa shape index (κ2) is 11.1. The Morgan fingerprint density at radius 2 is 1.68 bits per heavy atom. The van der Waals surface area contributed by atoms with Crippen LogP contribution >= 0.6 is 22.9 Å². The van der Waals surface area contributed by atoms with Gasteiger partial charge in [0.1, 0.15) is 10.5 Å². The van der Waals surface area contributed by atoms with Crippen molar-refractivity contribution in [1.82, 2.24) is 24.6 Å². The first-order chi connectivity index (χ1) is 20.7. The van der Waals surface area contributed by atoms with Crippen molar-refractivity contribution < 1.29 is 14.6 Å². The van der Waals surface area contributed by atoms with Crippen molar-refractivity contribution in [1.29, 1.82) is 0 Å². The van der Waals surface area contributed by atoms with Crippen LogP contribution in [0.15, 0.2) is 42.5 Å². The van der Waals surface area contributed by atoms with Crippen LogP contribution in [0, 0.1) is 6.92 Å². The summed E-state index contributed by atoms with van der Waals surface area (Å²) in [5.74, 6) is -0.176. The van der Waals surface area contributed by atoms with E-state index in [4.69, 9.17) is 31.4 Å². The van der Waals surface area contributed by atoms with Crippen molar-refractivity contribution in [3.8, 4) is 21.8 Å². The SMILES string of the molecule is Cc1cc2nc(-c3ccc4c(n3)c(N3CCN(C)CC3)nn4C)sc2c(-c2ccc(Cl)cc2)c1C(C)(OC(C)(C)C)C(=O)O. The zero-order chi connectivity index (χ0) is 31.6. The molecule has 5 aromatic rings. The number of ether oxygens (including phenoxy) is 1. The first-order valence-electron chi connectivity index (χ1n) is 14.7. The number of aryl methyl sites for hydroxylation is 2. The van der Waals surface area contributed by atoms with Crippen LogP contribution in [0.25, 0.3) is 43.1 Å². The van der Waals surface area contributed by atoms with Gasteiger partial charge < -0.3 is 19.6 Å². The smallest absolute Gasteiger partial charge is 0.340 e. The average molecular weight is 633 g/mol. The van der Waals surface area contributed by atoms with Gasteiger partial charge in [0.15, 0.2) is 11.4 Å². The second-order valence-electron chi connectivity index (χ2n) is 12.7. The van der Waals surface area contributed by atoms with Gasteiger partial charge >= 0.3 is 5.97 Å². The Morgan fingerprint density at radius 3 is 2.32 bits per heavy atom. The minimum atomic E-state index is -1.63. The van der Waals surface area contributed by atoms with E-state index in [0.29, 0.717) is 10.6 Å². The van der Waals surface area contributed by atoms with Crippen molar-refractivity contribution in [3.63, 3.8) is 0 Å². The van der Waals surface area contributed by atoms with Gasteiger partial charge in [0, 0.05) is 49.4 Å². The number of pyridine rings is 1. The molecule has 1 atom stereocenters. The third kappa shape index (κ3) is 5.45. The number of carbonyl (C=O) groups is 1. The van der Waals surface area contributed by atoms with Crippen LogP contribution in [0.1, 0.15) is 38.8 Å². The summed E-state index contributed by atoms with van der Waals surface area (Å²) in [5.41, 5.74) is 3.97. The van der Waals surface area contributed by atoms with Crippen molar-refractivity contribution >= 4 is 56.0 Å². The maximum atomic E-state index is 13.0. The minimum absolute atomic E-state index is 0.595. The van der Waals surface area contributed by atoms with Gasteiger partial charge in [-0.05, 0) is 83.1 Å². The van der Waals surface area contributed by atoms with Crippen LogP contribution < -0.4 is 4.90 Å². The molecule has 1 fully saturated rings. The summed E-state index contributed by atoms with van der Waals surface area (Å²) in [5, 5.41) is 16.8. The molecular weight excluding hydrogens is 596 g/mol. The second-order valence-corrected chi connectivity index (χ2v) is 14.1. The number of piperazine rings is 1. The van der Waals surface area contributed by atoms with E-state index in [1.54, 1.807) is 6.92 Å². The lowest BCUT2D eigenvalue weighted by Crippen LogP contribution is -2.44. The Balaban J connectivity index is 1.56. The van der Waals surface area contributed by atoms with E-state index >= 15 is 0 Å². The lowest BCUT2D eigenvalue weighted by Gasteiger charge is -2.36. The summed E-state index contributed by atoms with van der Waals surface area (Å²) < 4.78 is 9.08. The highest BCUT2D eigenvalue weighted by Gasteiger charge is 2.44. The van der Waals surface area contributed by atoms with Gasteiger partial charge in [0.05, 0.1) is 27.0 Å². The number of aliphatic carboxylic acids is 1. The predicted molar refractivity (Wildman–Crippen MR) is 178 cm³/mol. The molecule has 2 aromatic carbocycles. The number of benzene rings is 2. The quantitative estimate of drug-likeness (QED) is 0.220. The lowest BCUT2D eigenvalue weighted by molar-refractivity contribution is -0.183. The molecule has 44 heavy (non-hydrogen) atoms. The fourth-order valence-electron chi connectivity index (χ4n) is 6.10. The summed E-state index contributed by atoms with van der Waals surface area (Å²) in [4.78, 5) is 27.8. The maximum absolute atomic E-state index is 13.0. The first kappa shape index (κ1) is 30.5. The summed E-state index contributed by atoms with van der Waals surface area (Å²) in [6.07, 6.45) is 0. The Hall–Kier alpha value is -3.57. The van der Waals surface area contributed by atoms with Crippen LogP contribution in [0.3, 0.4) is 0 Å². The molecule has 11 heteroatoms. The number of rotatable bonds is 6. The minimum Gasteiger partial charge on any atom is -0.479 e. The highest BCUT2D eigenvalue weighted by molar-refractivity contribution is 7.22. The molecular formula is C33H37ClN6O3S. The Bertz CT molecular complexity index is 1890. The molecule has 0 amide bonds. The molecule has 6 rings (SSSR count). The molecule has 1 aliphatic heterocycles. The van der Waals surface area contributed by atoms with Crippen molar-refractivity contribution in [2.75, 3.05) is 38.1 Å². The largest absolute Gasteiger partial charge is 0.479 e. The first-order valence-corrected chi connectivity index (χ1v) is 15.9. The monoisotopic (exact) mass is 632 g/mol. The number of likely N-dealkylation sites (N-methyl/N-ethyl adjacent to an activating group) is 1. The van der Waals surface area contributed by atoms with Crippen LogP contribution in [0.4, 0.5) is 5.82 Å². The Labute approximate surface area is 266 Å². The molecule has 0 radical (unpaired) electrons. The number of fused-ring (bicyclic) bond motifs is 2. The molecule has 0 saturated carbocycles. The number of thiazole rings is 1. The van der Waals surface area contributed by atoms with E-state index in [1.165, 1.54) is 11.3 Å². The van der Waals surface area contributed by atoms with Gasteiger partial charge in [0.2, 0.25) is 0 Å². The predicted octanol–water partition coefficient (Wildman–Crippen LogP) is 6.74. The third-order valence-electron chi connectivity index (χ3n) is 8.11. The average Bonchev–Trinajstić information content (AvgIpc) is 3.52. The number of nitrogens with zero attached hydrogens (tertiary/aromatic N) is 6. The molecule has 0 aliphatic carbocycles. The van der Waals surface area contributed by atoms with Crippen LogP contribution in [0.5, 0.6) is 0 Å². The summed E-state index contributed by atoms with van der Waals surface area (Å²) in [6, 6.07) is 13.5. The molecule has 4 heterocycles. The number of carboxylic acids is 1. The van der Waals surface area contributed by atoms with E-state index in [9.17, 15) is 9.90 Å². The number of hydrogen-bond donors (Lipinski definition) is 1. The van der Waals surface area contributed by atoms with Gasteiger partial charge in [-0.2, -0.15) is 5.10 Å². The number of hydrogen-bond acceptors (Lipinski definition) is 8. The van der Waals surface area contributed by atoms with Gasteiger partial charge in [-0.15, -0.1) is 11.3 Å². The molecule has 1 unspecified atom stereocenters. The highest BCUT2D eigenvalue weighted by Crippen LogP contribution is 2.46. The molecule has 0 bridgehead atoms. The van der Waals surface area contributed by atoms with Crippen LogP contribution in [-0.2, 0) is 22.2 Å². The fourth-order valence-corrected chi connectivity index (χ4v) is 7.31. The number of anilines is 1. The number of halogens is 1. The van der Waals surface area contributed by atoms with Crippen LogP contribution in [0.2, 0.25) is 5.02 Å². The van der Waals surface area contributed by atoms with E-state index in [1.807, 2.05) is 81.9 Å². The van der Waals surface area contributed by atoms with E-state index in [2.05, 4.69) is 16.8 Å². The van der Waals surface area contributed by atoms with Crippen molar-refractivity contribution in [3.05, 3.63) is 58.6 Å². The van der Waals surface area contributed by atoms with Crippen molar-refractivity contribution in [2.45, 2.75) is 45.8 Å². The Morgan fingerprint density at radius 1 is 1.00 bits per heavy atom. The molecule has 3 aromatic heterocycles. The molecule has 1 saturated heterocycles. The van der Waals surface area contributed by atoms with Gasteiger partial charge in [-0.3, -0.25) is 4.68 Å². The topological polar surface area (TPSA) is 96.6 Å². The van der Waals surface area contributed by atoms with E-state index in [0.717, 1.165) is 80.6 Å². The zero-order valence-electron chi connectivity index (χ0n) is 26.1. The summed E-state index contributed by atoms with van der Waals surface area (Å²) in [6.45, 7) is 12.9. The van der Waals surface area contributed by atoms with Crippen LogP contribution in [-0.4, -0.2) is 74.6 Å². The third-order valence-corrected chi connectivity index (χ3v) is 9.47. The van der Waals surface area contributed by atoms with E-state index in [-0.39, 0.29) is 0 Å². The summed E-state index contributed by atoms with van der Waals surface area (Å²) >= 11 is 7.78. The standard InChI is InChI=1S/C33H37ClN6O3S/c1-19-18-23-28(25(20-8-10-21(34)11-9-20)26(19)33(5,31(41)42)43-32(2,3)4)44-30(36-23)22-12-13-24-27(35-22)29(37-39(24)7)40-16-14-38(6)15-17-40/h8-13,18H,14-17H2,1-7H3,(H,41,42). The molecule has 1 aliphatic rings. The van der Waals surface area contributed by atoms with Gasteiger partial charge in [-0.25, -0.2) is 14.8 Å². The number of carboxylic acid groups (broad SMARTS) is 1. The molecule has 0 spiro atoms. The molecule has 1 N–H and O–H groups in total. The highest BCUT2D eigenvalue weighted by atomic mass is 35.5. The molecule has 230 valence electrons. The normalized spacial score (nSPS) is 16.1. The molecule has 9 nitrogen and oxygen atoms in total. The number of aromatic nitrogens is 4. The van der Waals surface area contributed by atoms with Crippen molar-refractivity contribution in [2.24, 2.45) is 7.05 Å². The van der Waals surface area contributed by atoms with Gasteiger partial charge in [-0.1, -0.05) is 23.7 Å². The maximum Gasteiger partial charge on any atom is 0.340 e. The lowest BCUT2D eigenvalue weighted by atomic mass is 9.84. The Kier molecular flexibility index (Phi) is 7.68. The zero-order valence-corrected chi connectivity index (χ0v) is 27.7. The van der Waals surface area contributed by atoms with Gasteiger partial charge in [0.25, 0.3) is 0 Å². The summed E-state index contributed by atoms with van der Waals surface area (Å²) in [7, 11) is 4.08. The fraction of sp³-hybridized carbons (Fsp3) is 0.394.